The zero-order valence-corrected chi connectivity index (χ0v) is 14.9. The van der Waals surface area contributed by atoms with E-state index in [0.29, 0.717) is 30.9 Å². The van der Waals surface area contributed by atoms with Crippen molar-refractivity contribution in [3.05, 3.63) is 48.0 Å². The smallest absolute Gasteiger partial charge is 0.283 e. The lowest BCUT2D eigenvalue weighted by molar-refractivity contribution is -0.129. The molecule has 2 unspecified atom stereocenters. The maximum Gasteiger partial charge on any atom is 0.283 e. The largest absolute Gasteiger partial charge is 0.487 e. The molecule has 1 spiro atoms. The van der Waals surface area contributed by atoms with Gasteiger partial charge in [-0.3, -0.25) is 0 Å². The third-order valence-corrected chi connectivity index (χ3v) is 5.95. The van der Waals surface area contributed by atoms with Crippen molar-refractivity contribution in [3.8, 4) is 16.9 Å². The van der Waals surface area contributed by atoms with Crippen LogP contribution in [0.3, 0.4) is 0 Å². The highest BCUT2D eigenvalue weighted by Crippen LogP contribution is 2.54. The van der Waals surface area contributed by atoms with Crippen LogP contribution < -0.4 is 10.5 Å². The average molecular weight is 369 g/mol. The van der Waals surface area contributed by atoms with Gasteiger partial charge in [0.15, 0.2) is 0 Å². The van der Waals surface area contributed by atoms with Crippen LogP contribution in [0.5, 0.6) is 5.75 Å². The van der Waals surface area contributed by atoms with Gasteiger partial charge in [0.25, 0.3) is 6.02 Å². The lowest BCUT2D eigenvalue weighted by atomic mass is 9.66. The van der Waals surface area contributed by atoms with Gasteiger partial charge in [0.2, 0.25) is 5.95 Å². The number of halogens is 1. The zero-order chi connectivity index (χ0) is 18.6. The van der Waals surface area contributed by atoms with Gasteiger partial charge in [-0.25, -0.2) is 9.98 Å². The summed E-state index contributed by atoms with van der Waals surface area (Å²) in [6.45, 7) is 3.54. The lowest BCUT2D eigenvalue weighted by Crippen LogP contribution is -2.59. The number of nitrogens with zero attached hydrogens (tertiary/aromatic N) is 2. The van der Waals surface area contributed by atoms with E-state index in [1.54, 1.807) is 12.1 Å². The molecule has 0 aliphatic carbocycles. The summed E-state index contributed by atoms with van der Waals surface area (Å²) < 4.78 is 32.0. The molecule has 4 heterocycles. The van der Waals surface area contributed by atoms with E-state index in [2.05, 4.69) is 11.9 Å². The molecule has 5 rings (SSSR count). The number of pyridine rings is 1. The molecule has 2 N–H and O–H groups in total. The minimum Gasteiger partial charge on any atom is -0.487 e. The highest BCUT2D eigenvalue weighted by molar-refractivity contribution is 5.75. The van der Waals surface area contributed by atoms with E-state index in [-0.39, 0.29) is 11.9 Å². The predicted molar refractivity (Wildman–Crippen MR) is 96.8 cm³/mol. The van der Waals surface area contributed by atoms with Crippen molar-refractivity contribution in [2.45, 2.75) is 24.5 Å². The summed E-state index contributed by atoms with van der Waals surface area (Å²) in [5, 5.41) is 0. The molecule has 1 aromatic carbocycles. The molecule has 1 saturated heterocycles. The van der Waals surface area contributed by atoms with Crippen molar-refractivity contribution in [1.82, 2.24) is 4.98 Å². The van der Waals surface area contributed by atoms with Crippen LogP contribution in [-0.2, 0) is 15.0 Å². The average Bonchev–Trinajstić information content (AvgIpc) is 3.04. The maximum absolute atomic E-state index is 14.2. The maximum atomic E-state index is 14.2. The van der Waals surface area contributed by atoms with Gasteiger partial charge in [-0.1, -0.05) is 6.07 Å². The fourth-order valence-corrected chi connectivity index (χ4v) is 4.52. The van der Waals surface area contributed by atoms with Crippen molar-refractivity contribution in [3.63, 3.8) is 0 Å². The molecule has 7 heteroatoms. The first-order valence-corrected chi connectivity index (χ1v) is 9.02. The van der Waals surface area contributed by atoms with Gasteiger partial charge in [0, 0.05) is 23.7 Å². The van der Waals surface area contributed by atoms with E-state index in [9.17, 15) is 4.39 Å². The van der Waals surface area contributed by atoms with Crippen LogP contribution in [0.1, 0.15) is 18.9 Å². The second kappa shape index (κ2) is 5.66. The van der Waals surface area contributed by atoms with Crippen molar-refractivity contribution in [1.29, 1.82) is 0 Å². The Morgan fingerprint density at radius 3 is 2.96 bits per heavy atom. The number of hydrogen-bond acceptors (Lipinski definition) is 6. The first-order valence-electron chi connectivity index (χ1n) is 9.02. The summed E-state index contributed by atoms with van der Waals surface area (Å²) in [6.07, 6.45) is 2.19. The molecule has 140 valence electrons. The van der Waals surface area contributed by atoms with E-state index in [1.165, 1.54) is 6.20 Å². The second-order valence-corrected chi connectivity index (χ2v) is 7.51. The molecule has 3 aliphatic rings. The van der Waals surface area contributed by atoms with Gasteiger partial charge in [-0.2, -0.15) is 4.39 Å². The Kier molecular flexibility index (Phi) is 3.46. The zero-order valence-electron chi connectivity index (χ0n) is 14.9. The van der Waals surface area contributed by atoms with Gasteiger partial charge in [-0.15, -0.1) is 0 Å². The fraction of sp³-hybridized carbons (Fsp3) is 0.400. The van der Waals surface area contributed by atoms with Crippen LogP contribution in [-0.4, -0.2) is 36.4 Å². The monoisotopic (exact) mass is 369 g/mol. The Balaban J connectivity index is 1.71. The summed E-state index contributed by atoms with van der Waals surface area (Å²) >= 11 is 0. The van der Waals surface area contributed by atoms with Crippen molar-refractivity contribution in [2.24, 2.45) is 16.6 Å². The number of amidine groups is 1. The molecular weight excluding hydrogens is 349 g/mol. The van der Waals surface area contributed by atoms with E-state index >= 15 is 0 Å². The molecule has 1 fully saturated rings. The minimum atomic E-state index is -0.707. The van der Waals surface area contributed by atoms with E-state index in [4.69, 9.17) is 24.9 Å². The molecule has 1 aromatic heterocycles. The van der Waals surface area contributed by atoms with Crippen LogP contribution in [0.15, 0.2) is 41.5 Å². The Morgan fingerprint density at radius 2 is 2.19 bits per heavy atom. The van der Waals surface area contributed by atoms with Gasteiger partial charge in [0.05, 0.1) is 19.1 Å². The summed E-state index contributed by atoms with van der Waals surface area (Å²) in [5.74, 6) is 0.159. The van der Waals surface area contributed by atoms with Gasteiger partial charge in [-0.05, 0) is 36.8 Å². The van der Waals surface area contributed by atoms with E-state index in [1.807, 2.05) is 18.2 Å². The Labute approximate surface area is 156 Å². The SMILES string of the molecule is CC12CCOC[C@@H]1C1(COC(N)=N1)c1cc(-c3cccnc3F)ccc1O2. The number of aliphatic imine (C=N–C) groups is 1. The fourth-order valence-electron chi connectivity index (χ4n) is 4.52. The number of hydrogen-bond donors (Lipinski definition) is 1. The highest BCUT2D eigenvalue weighted by Gasteiger charge is 2.59. The quantitative estimate of drug-likeness (QED) is 0.782. The van der Waals surface area contributed by atoms with Crippen molar-refractivity contribution in [2.75, 3.05) is 19.8 Å². The Hall–Kier alpha value is -2.67. The molecule has 2 aromatic rings. The normalized spacial score (nSPS) is 31.5. The number of fused-ring (bicyclic) bond motifs is 4. The van der Waals surface area contributed by atoms with E-state index in [0.717, 1.165) is 17.7 Å². The predicted octanol–water partition coefficient (Wildman–Crippen LogP) is 2.62. The van der Waals surface area contributed by atoms with Crippen molar-refractivity contribution >= 4 is 6.02 Å². The summed E-state index contributed by atoms with van der Waals surface area (Å²) in [6, 6.07) is 9.21. The summed E-state index contributed by atoms with van der Waals surface area (Å²) in [4.78, 5) is 8.47. The standard InChI is InChI=1S/C20H20FN3O3/c1-19-6-8-25-10-16(19)20(11-26-18(22)24-20)14-9-12(4-5-15(14)27-19)13-3-2-7-23-17(13)21/h2-5,7,9,16H,6,8,10-11H2,1H3,(H2,22,24)/t16-,19?,20?/m0/s1. The number of rotatable bonds is 1. The lowest BCUT2D eigenvalue weighted by Gasteiger charge is -2.52. The molecular formula is C20H20FN3O3. The first kappa shape index (κ1) is 16.5. The van der Waals surface area contributed by atoms with Crippen LogP contribution >= 0.6 is 0 Å². The molecule has 0 bridgehead atoms. The highest BCUT2D eigenvalue weighted by atomic mass is 19.1. The molecule has 6 nitrogen and oxygen atoms in total. The number of benzene rings is 1. The number of nitrogens with two attached hydrogens (primary N) is 1. The summed E-state index contributed by atoms with van der Waals surface area (Å²) in [7, 11) is 0. The Morgan fingerprint density at radius 1 is 1.30 bits per heavy atom. The van der Waals surface area contributed by atoms with Crippen LogP contribution in [0.25, 0.3) is 11.1 Å². The minimum absolute atomic E-state index is 0.0544. The molecule has 3 aliphatic heterocycles. The third-order valence-electron chi connectivity index (χ3n) is 5.95. The molecule has 0 saturated carbocycles. The van der Waals surface area contributed by atoms with Gasteiger partial charge < -0.3 is 19.9 Å². The van der Waals surface area contributed by atoms with Crippen molar-refractivity contribution < 1.29 is 18.6 Å². The molecule has 0 radical (unpaired) electrons. The molecule has 3 atom stereocenters. The molecule has 0 amide bonds. The van der Waals surface area contributed by atoms with E-state index < -0.39 is 17.1 Å². The molecule has 27 heavy (non-hydrogen) atoms. The topological polar surface area (TPSA) is 79.0 Å². The second-order valence-electron chi connectivity index (χ2n) is 7.51. The Bertz CT molecular complexity index is 950. The number of aromatic nitrogens is 1. The summed E-state index contributed by atoms with van der Waals surface area (Å²) in [5.41, 5.74) is 6.76. The van der Waals surface area contributed by atoms with Crippen LogP contribution in [0, 0.1) is 11.9 Å². The number of ether oxygens (including phenoxy) is 3. The van der Waals surface area contributed by atoms with Crippen LogP contribution in [0.4, 0.5) is 4.39 Å². The third kappa shape index (κ3) is 2.34. The van der Waals surface area contributed by atoms with Gasteiger partial charge >= 0.3 is 0 Å². The first-order chi connectivity index (χ1) is 13.0. The van der Waals surface area contributed by atoms with Crippen LogP contribution in [0.2, 0.25) is 0 Å². The van der Waals surface area contributed by atoms with Gasteiger partial charge in [0.1, 0.15) is 23.5 Å².